The molecule has 0 spiro atoms. The number of aliphatic imine (C=N–C) groups is 1. The Kier molecular flexibility index (Phi) is 8.48. The molecule has 7 heteroatoms. The number of piperidine rings is 2. The molecule has 0 aromatic heterocycles. The fourth-order valence-corrected chi connectivity index (χ4v) is 3.48. The van der Waals surface area contributed by atoms with E-state index in [1.54, 1.807) is 0 Å². The summed E-state index contributed by atoms with van der Waals surface area (Å²) in [5, 5.41) is 0. The Morgan fingerprint density at radius 2 is 1.85 bits per heavy atom. The molecule has 2 fully saturated rings. The third kappa shape index (κ3) is 7.12. The topological polar surface area (TPSA) is 71.2 Å². The smallest absolute Gasteiger partial charge is 0.410 e. The molecule has 2 rings (SSSR count). The van der Waals surface area contributed by atoms with Gasteiger partial charge in [0.15, 0.2) is 5.96 Å². The van der Waals surface area contributed by atoms with Gasteiger partial charge in [-0.15, -0.1) is 24.0 Å². The lowest BCUT2D eigenvalue weighted by Gasteiger charge is -2.39. The number of carbonyl (C=O) groups is 1. The normalized spacial score (nSPS) is 24.0. The molecular weight excluding hydrogens is 443 g/mol. The van der Waals surface area contributed by atoms with Gasteiger partial charge < -0.3 is 20.3 Å². The van der Waals surface area contributed by atoms with Crippen molar-refractivity contribution in [1.82, 2.24) is 9.80 Å². The third-order valence-electron chi connectivity index (χ3n) is 5.23. The zero-order valence-corrected chi connectivity index (χ0v) is 19.4. The van der Waals surface area contributed by atoms with Gasteiger partial charge in [0.2, 0.25) is 0 Å². The minimum atomic E-state index is -0.442. The molecule has 0 saturated carbocycles. The van der Waals surface area contributed by atoms with Crippen LogP contribution in [-0.4, -0.2) is 60.2 Å². The highest BCUT2D eigenvalue weighted by Crippen LogP contribution is 2.32. The summed E-state index contributed by atoms with van der Waals surface area (Å²) in [6.45, 7) is 14.4. The predicted octanol–water partition coefficient (Wildman–Crippen LogP) is 3.69. The van der Waals surface area contributed by atoms with E-state index in [-0.39, 0.29) is 35.5 Å². The minimum absolute atomic E-state index is 0. The van der Waals surface area contributed by atoms with Crippen molar-refractivity contribution in [3.8, 4) is 0 Å². The van der Waals surface area contributed by atoms with Crippen molar-refractivity contribution in [2.75, 3.05) is 32.7 Å². The first-order chi connectivity index (χ1) is 11.6. The molecule has 0 bridgehead atoms. The number of halogens is 1. The van der Waals surface area contributed by atoms with Crippen molar-refractivity contribution in [3.63, 3.8) is 0 Å². The van der Waals surface area contributed by atoms with Crippen molar-refractivity contribution in [1.29, 1.82) is 0 Å². The van der Waals surface area contributed by atoms with Crippen LogP contribution in [0, 0.1) is 11.3 Å². The van der Waals surface area contributed by atoms with Crippen LogP contribution in [0.15, 0.2) is 4.99 Å². The molecule has 2 saturated heterocycles. The summed E-state index contributed by atoms with van der Waals surface area (Å²) >= 11 is 0. The van der Waals surface area contributed by atoms with Crippen molar-refractivity contribution in [2.45, 2.75) is 65.9 Å². The first kappa shape index (κ1) is 23.3. The Labute approximate surface area is 175 Å². The van der Waals surface area contributed by atoms with Gasteiger partial charge >= 0.3 is 6.09 Å². The monoisotopic (exact) mass is 480 g/mol. The quantitative estimate of drug-likeness (QED) is 0.372. The van der Waals surface area contributed by atoms with E-state index in [2.05, 4.69) is 18.7 Å². The number of hydrogen-bond acceptors (Lipinski definition) is 3. The average Bonchev–Trinajstić information content (AvgIpc) is 2.51. The first-order valence-electron chi connectivity index (χ1n) is 9.61. The number of carbonyl (C=O) groups excluding carboxylic acids is 1. The van der Waals surface area contributed by atoms with Crippen LogP contribution < -0.4 is 5.73 Å². The molecule has 152 valence electrons. The van der Waals surface area contributed by atoms with Crippen LogP contribution in [0.5, 0.6) is 0 Å². The van der Waals surface area contributed by atoms with Crippen LogP contribution >= 0.6 is 24.0 Å². The van der Waals surface area contributed by atoms with Gasteiger partial charge in [-0.1, -0.05) is 13.8 Å². The van der Waals surface area contributed by atoms with Gasteiger partial charge in [-0.2, -0.15) is 0 Å². The summed E-state index contributed by atoms with van der Waals surface area (Å²) in [6, 6.07) is 0. The van der Waals surface area contributed by atoms with E-state index in [1.807, 2.05) is 25.7 Å². The van der Waals surface area contributed by atoms with Crippen LogP contribution in [-0.2, 0) is 4.74 Å². The Hall–Kier alpha value is -0.730. The third-order valence-corrected chi connectivity index (χ3v) is 5.23. The van der Waals surface area contributed by atoms with Gasteiger partial charge in [-0.25, -0.2) is 4.79 Å². The van der Waals surface area contributed by atoms with Crippen molar-refractivity contribution in [3.05, 3.63) is 0 Å². The molecule has 0 aromatic rings. The highest BCUT2D eigenvalue weighted by atomic mass is 127. The lowest BCUT2D eigenvalue weighted by atomic mass is 9.80. The van der Waals surface area contributed by atoms with Crippen LogP contribution in [0.2, 0.25) is 0 Å². The molecule has 6 nitrogen and oxygen atoms in total. The number of likely N-dealkylation sites (tertiary alicyclic amines) is 2. The summed E-state index contributed by atoms with van der Waals surface area (Å²) in [4.78, 5) is 20.9. The minimum Gasteiger partial charge on any atom is -0.444 e. The van der Waals surface area contributed by atoms with Gasteiger partial charge in [-0.3, -0.25) is 4.99 Å². The van der Waals surface area contributed by atoms with Gasteiger partial charge in [0.25, 0.3) is 0 Å². The van der Waals surface area contributed by atoms with Crippen molar-refractivity contribution < 1.29 is 9.53 Å². The number of ether oxygens (including phenoxy) is 1. The summed E-state index contributed by atoms with van der Waals surface area (Å²) in [6.07, 6.45) is 4.13. The molecule has 1 atom stereocenters. The Bertz CT molecular complexity index is 496. The molecular formula is C19H37IN4O2. The number of nitrogens with zero attached hydrogens (tertiary/aromatic N) is 3. The van der Waals surface area contributed by atoms with Gasteiger partial charge in [0.05, 0.1) is 0 Å². The number of rotatable bonds is 2. The zero-order valence-electron chi connectivity index (χ0n) is 17.1. The van der Waals surface area contributed by atoms with Crippen LogP contribution in [0.3, 0.4) is 0 Å². The maximum absolute atomic E-state index is 12.2. The number of amides is 1. The van der Waals surface area contributed by atoms with E-state index < -0.39 is 5.60 Å². The molecule has 0 aromatic carbocycles. The van der Waals surface area contributed by atoms with E-state index >= 15 is 0 Å². The van der Waals surface area contributed by atoms with Gasteiger partial charge in [-0.05, 0) is 57.8 Å². The van der Waals surface area contributed by atoms with Gasteiger partial charge in [0.1, 0.15) is 5.60 Å². The summed E-state index contributed by atoms with van der Waals surface area (Å²) in [5.74, 6) is 1.37. The first-order valence-corrected chi connectivity index (χ1v) is 9.61. The lowest BCUT2D eigenvalue weighted by molar-refractivity contribution is 0.0127. The molecule has 26 heavy (non-hydrogen) atoms. The molecule has 2 heterocycles. The maximum Gasteiger partial charge on any atom is 0.410 e. The number of hydrogen-bond donors (Lipinski definition) is 1. The highest BCUT2D eigenvalue weighted by molar-refractivity contribution is 14.0. The SMILES string of the molecule is CC1CCCN(C(N)=NCC2(C)CCN(C(=O)OC(C)(C)C)CC2)C1.I. The van der Waals surface area contributed by atoms with Crippen molar-refractivity contribution >= 4 is 36.0 Å². The van der Waals surface area contributed by atoms with Crippen LogP contribution in [0.25, 0.3) is 0 Å². The molecule has 2 N–H and O–H groups in total. The fraction of sp³-hybridized carbons (Fsp3) is 0.895. The fourth-order valence-electron chi connectivity index (χ4n) is 3.48. The number of nitrogens with two attached hydrogens (primary N) is 1. The Morgan fingerprint density at radius 3 is 2.38 bits per heavy atom. The Morgan fingerprint density at radius 1 is 1.23 bits per heavy atom. The van der Waals surface area contributed by atoms with E-state index in [0.717, 1.165) is 45.6 Å². The molecule has 0 aliphatic carbocycles. The molecule has 0 radical (unpaired) electrons. The zero-order chi connectivity index (χ0) is 18.7. The lowest BCUT2D eigenvalue weighted by Crippen LogP contribution is -2.46. The molecule has 1 unspecified atom stereocenters. The van der Waals surface area contributed by atoms with Crippen LogP contribution in [0.1, 0.15) is 60.3 Å². The van der Waals surface area contributed by atoms with E-state index in [4.69, 9.17) is 15.5 Å². The molecule has 2 aliphatic rings. The van der Waals surface area contributed by atoms with Crippen molar-refractivity contribution in [2.24, 2.45) is 22.1 Å². The second kappa shape index (κ2) is 9.46. The van der Waals surface area contributed by atoms with E-state index in [9.17, 15) is 4.79 Å². The second-order valence-electron chi connectivity index (χ2n) is 9.15. The predicted molar refractivity (Wildman–Crippen MR) is 117 cm³/mol. The highest BCUT2D eigenvalue weighted by Gasteiger charge is 2.33. The summed E-state index contributed by atoms with van der Waals surface area (Å²) in [7, 11) is 0. The molecule has 1 amide bonds. The standard InChI is InChI=1S/C19H36N4O2.HI/c1-15-7-6-10-23(13-15)16(20)21-14-19(5)8-11-22(12-9-19)17(24)25-18(2,3)4;/h15H,6-14H2,1-5H3,(H2,20,21);1H. The average molecular weight is 480 g/mol. The maximum atomic E-state index is 12.2. The van der Waals surface area contributed by atoms with E-state index in [0.29, 0.717) is 11.9 Å². The Balaban J connectivity index is 0.00000338. The van der Waals surface area contributed by atoms with Crippen LogP contribution in [0.4, 0.5) is 4.79 Å². The number of guanidine groups is 1. The summed E-state index contributed by atoms with van der Waals surface area (Å²) < 4.78 is 5.47. The van der Waals surface area contributed by atoms with Gasteiger partial charge in [0, 0.05) is 32.7 Å². The second-order valence-corrected chi connectivity index (χ2v) is 9.15. The largest absolute Gasteiger partial charge is 0.444 e. The van der Waals surface area contributed by atoms with E-state index in [1.165, 1.54) is 12.8 Å². The molecule has 2 aliphatic heterocycles. The summed E-state index contributed by atoms with van der Waals surface area (Å²) in [5.41, 5.74) is 5.88.